The van der Waals surface area contributed by atoms with Crippen molar-refractivity contribution in [2.45, 2.75) is 6.92 Å². The van der Waals surface area contributed by atoms with Gasteiger partial charge >= 0.3 is 0 Å². The van der Waals surface area contributed by atoms with Gasteiger partial charge in [-0.2, -0.15) is 0 Å². The Bertz CT molecular complexity index is 638. The zero-order chi connectivity index (χ0) is 12.4. The first-order chi connectivity index (χ1) is 8.83. The van der Waals surface area contributed by atoms with Crippen molar-refractivity contribution >= 4 is 11.3 Å². The average molecular weight is 251 g/mol. The molecule has 1 aromatic heterocycles. The Morgan fingerprint density at radius 3 is 2.00 bits per heavy atom. The third-order valence-corrected chi connectivity index (χ3v) is 3.86. The zero-order valence-electron chi connectivity index (χ0n) is 10.1. The van der Waals surface area contributed by atoms with E-state index in [2.05, 4.69) is 53.5 Å². The summed E-state index contributed by atoms with van der Waals surface area (Å²) in [6.45, 7) is 2.03. The van der Waals surface area contributed by atoms with Gasteiger partial charge in [0.15, 0.2) is 0 Å². The van der Waals surface area contributed by atoms with Crippen LogP contribution in [0.2, 0.25) is 0 Å². The fraction of sp³-hybridized carbons (Fsp3) is 0.0625. The Morgan fingerprint density at radius 1 is 0.778 bits per heavy atom. The predicted octanol–water partition coefficient (Wildman–Crippen LogP) is 4.79. The zero-order valence-corrected chi connectivity index (χ0v) is 10.9. The van der Waals surface area contributed by atoms with Gasteiger partial charge in [-0.05, 0) is 23.6 Å². The van der Waals surface area contributed by atoms with Crippen LogP contribution >= 0.6 is 11.3 Å². The van der Waals surface area contributed by atoms with Crippen molar-refractivity contribution < 1.29 is 0 Å². The summed E-state index contributed by atoms with van der Waals surface area (Å²) in [5.74, 6) is 0. The molecular formula is C16H13NS. The maximum absolute atomic E-state index is 4.29. The van der Waals surface area contributed by atoms with Crippen LogP contribution in [0.1, 0.15) is 5.01 Å². The Balaban J connectivity index is 1.94. The SMILES string of the molecule is Cc1ncc(-c2ccc(-c3ccccc3)cc2)s1. The highest BCUT2D eigenvalue weighted by molar-refractivity contribution is 7.15. The van der Waals surface area contributed by atoms with E-state index in [0.717, 1.165) is 5.01 Å². The van der Waals surface area contributed by atoms with Gasteiger partial charge < -0.3 is 0 Å². The van der Waals surface area contributed by atoms with E-state index < -0.39 is 0 Å². The normalized spacial score (nSPS) is 10.5. The molecule has 1 heterocycles. The Labute approximate surface area is 111 Å². The highest BCUT2D eigenvalue weighted by atomic mass is 32.1. The molecule has 18 heavy (non-hydrogen) atoms. The molecule has 0 saturated carbocycles. The lowest BCUT2D eigenvalue weighted by molar-refractivity contribution is 1.30. The van der Waals surface area contributed by atoms with E-state index >= 15 is 0 Å². The van der Waals surface area contributed by atoms with Crippen LogP contribution in [0.25, 0.3) is 21.6 Å². The van der Waals surface area contributed by atoms with Crippen molar-refractivity contribution in [1.29, 1.82) is 0 Å². The summed E-state index contributed by atoms with van der Waals surface area (Å²) in [5.41, 5.74) is 3.74. The molecule has 0 radical (unpaired) electrons. The molecule has 3 aromatic rings. The summed E-state index contributed by atoms with van der Waals surface area (Å²) in [5, 5.41) is 1.11. The largest absolute Gasteiger partial charge is 0.249 e. The van der Waals surface area contributed by atoms with E-state index in [1.807, 2.05) is 19.2 Å². The average Bonchev–Trinajstić information content (AvgIpc) is 2.87. The lowest BCUT2D eigenvalue weighted by atomic mass is 10.0. The number of rotatable bonds is 2. The van der Waals surface area contributed by atoms with E-state index in [1.54, 1.807) is 11.3 Å². The van der Waals surface area contributed by atoms with E-state index in [9.17, 15) is 0 Å². The minimum absolute atomic E-state index is 1.11. The van der Waals surface area contributed by atoms with Crippen molar-refractivity contribution in [2.75, 3.05) is 0 Å². The molecule has 0 fully saturated rings. The van der Waals surface area contributed by atoms with Crippen LogP contribution in [0.3, 0.4) is 0 Å². The summed E-state index contributed by atoms with van der Waals surface area (Å²) < 4.78 is 0. The maximum Gasteiger partial charge on any atom is 0.0900 e. The van der Waals surface area contributed by atoms with E-state index in [-0.39, 0.29) is 0 Å². The number of benzene rings is 2. The Morgan fingerprint density at radius 2 is 1.39 bits per heavy atom. The highest BCUT2D eigenvalue weighted by Gasteiger charge is 2.02. The second-order valence-corrected chi connectivity index (χ2v) is 5.42. The molecule has 0 atom stereocenters. The number of aromatic nitrogens is 1. The Hall–Kier alpha value is -1.93. The molecule has 2 aromatic carbocycles. The van der Waals surface area contributed by atoms with Gasteiger partial charge in [-0.3, -0.25) is 0 Å². The molecule has 0 aliphatic heterocycles. The van der Waals surface area contributed by atoms with Crippen molar-refractivity contribution in [1.82, 2.24) is 4.98 Å². The molecule has 0 aliphatic carbocycles. The molecule has 88 valence electrons. The van der Waals surface area contributed by atoms with Gasteiger partial charge in [0.2, 0.25) is 0 Å². The lowest BCUT2D eigenvalue weighted by Gasteiger charge is -2.02. The highest BCUT2D eigenvalue weighted by Crippen LogP contribution is 2.28. The van der Waals surface area contributed by atoms with Crippen LogP contribution in [-0.4, -0.2) is 4.98 Å². The van der Waals surface area contributed by atoms with Crippen LogP contribution in [0.4, 0.5) is 0 Å². The summed E-state index contributed by atoms with van der Waals surface area (Å²) in [6.07, 6.45) is 1.94. The summed E-state index contributed by atoms with van der Waals surface area (Å²) in [4.78, 5) is 5.52. The minimum atomic E-state index is 1.11. The monoisotopic (exact) mass is 251 g/mol. The van der Waals surface area contributed by atoms with Gasteiger partial charge in [-0.1, -0.05) is 54.6 Å². The second-order valence-electron chi connectivity index (χ2n) is 4.19. The van der Waals surface area contributed by atoms with Gasteiger partial charge in [-0.25, -0.2) is 4.98 Å². The fourth-order valence-electron chi connectivity index (χ4n) is 1.95. The first-order valence-electron chi connectivity index (χ1n) is 5.91. The van der Waals surface area contributed by atoms with Gasteiger partial charge in [0.1, 0.15) is 0 Å². The minimum Gasteiger partial charge on any atom is -0.249 e. The van der Waals surface area contributed by atoms with Gasteiger partial charge in [0, 0.05) is 6.20 Å². The van der Waals surface area contributed by atoms with Gasteiger partial charge in [-0.15, -0.1) is 11.3 Å². The number of thiazole rings is 1. The van der Waals surface area contributed by atoms with E-state index in [1.165, 1.54) is 21.6 Å². The molecule has 0 N–H and O–H groups in total. The molecule has 0 spiro atoms. The molecule has 0 amide bonds. The van der Waals surface area contributed by atoms with Crippen molar-refractivity contribution in [3.05, 3.63) is 65.8 Å². The van der Waals surface area contributed by atoms with Gasteiger partial charge in [0.25, 0.3) is 0 Å². The van der Waals surface area contributed by atoms with Crippen LogP contribution in [0.15, 0.2) is 60.8 Å². The molecule has 2 heteroatoms. The number of hydrogen-bond donors (Lipinski definition) is 0. The number of nitrogens with zero attached hydrogens (tertiary/aromatic N) is 1. The van der Waals surface area contributed by atoms with Crippen LogP contribution in [0.5, 0.6) is 0 Å². The van der Waals surface area contributed by atoms with Crippen molar-refractivity contribution in [2.24, 2.45) is 0 Å². The molecule has 0 unspecified atom stereocenters. The standard InChI is InChI=1S/C16H13NS/c1-12-17-11-16(18-12)15-9-7-14(8-10-15)13-5-3-2-4-6-13/h2-11H,1H3. The summed E-state index contributed by atoms with van der Waals surface area (Å²) in [7, 11) is 0. The smallest absolute Gasteiger partial charge is 0.0900 e. The van der Waals surface area contributed by atoms with Crippen molar-refractivity contribution in [3.8, 4) is 21.6 Å². The third-order valence-electron chi connectivity index (χ3n) is 2.90. The lowest BCUT2D eigenvalue weighted by Crippen LogP contribution is -1.77. The van der Waals surface area contributed by atoms with Crippen LogP contribution in [-0.2, 0) is 0 Å². The maximum atomic E-state index is 4.29. The molecule has 0 saturated heterocycles. The first kappa shape index (κ1) is 11.2. The van der Waals surface area contributed by atoms with Crippen LogP contribution < -0.4 is 0 Å². The summed E-state index contributed by atoms with van der Waals surface area (Å²) in [6, 6.07) is 19.1. The fourth-order valence-corrected chi connectivity index (χ4v) is 2.74. The quantitative estimate of drug-likeness (QED) is 0.638. The molecular weight excluding hydrogens is 238 g/mol. The number of aryl methyl sites for hydroxylation is 1. The third kappa shape index (κ3) is 2.20. The number of hydrogen-bond acceptors (Lipinski definition) is 2. The Kier molecular flexibility index (Phi) is 2.95. The topological polar surface area (TPSA) is 12.9 Å². The van der Waals surface area contributed by atoms with E-state index in [4.69, 9.17) is 0 Å². The predicted molar refractivity (Wildman–Crippen MR) is 77.7 cm³/mol. The first-order valence-corrected chi connectivity index (χ1v) is 6.73. The molecule has 1 nitrogen and oxygen atoms in total. The van der Waals surface area contributed by atoms with Gasteiger partial charge in [0.05, 0.1) is 9.88 Å². The molecule has 0 aliphatic rings. The second kappa shape index (κ2) is 4.75. The molecule has 3 rings (SSSR count). The molecule has 0 bridgehead atoms. The van der Waals surface area contributed by atoms with Crippen molar-refractivity contribution in [3.63, 3.8) is 0 Å². The van der Waals surface area contributed by atoms with E-state index in [0.29, 0.717) is 0 Å². The van der Waals surface area contributed by atoms with Crippen LogP contribution in [0, 0.1) is 6.92 Å². The summed E-state index contributed by atoms with van der Waals surface area (Å²) >= 11 is 1.73.